The lowest BCUT2D eigenvalue weighted by Crippen LogP contribution is -2.44. The Hall–Kier alpha value is -1.12. The number of hydrogen-bond acceptors (Lipinski definition) is 2. The van der Waals surface area contributed by atoms with Crippen molar-refractivity contribution in [2.24, 2.45) is 5.92 Å². The van der Waals surface area contributed by atoms with Crippen molar-refractivity contribution in [3.8, 4) is 0 Å². The molecule has 0 heterocycles. The maximum Gasteiger partial charge on any atom is 0.0658 e. The molecule has 3 unspecified atom stereocenters. The number of unbranched alkanes of at least 4 members (excludes halogenated alkanes) is 18. The molecule has 49 heavy (non-hydrogen) atoms. The molecular formula is C47H87NO. The van der Waals surface area contributed by atoms with Gasteiger partial charge in [-0.15, -0.1) is 0 Å². The summed E-state index contributed by atoms with van der Waals surface area (Å²) < 4.78 is 7.17. The van der Waals surface area contributed by atoms with E-state index in [9.17, 15) is 0 Å². The van der Waals surface area contributed by atoms with E-state index in [1.54, 1.807) is 0 Å². The monoisotopic (exact) mass is 682 g/mol. The van der Waals surface area contributed by atoms with Crippen LogP contribution >= 0.6 is 0 Å². The highest BCUT2D eigenvalue weighted by molar-refractivity contribution is 4.93. The van der Waals surface area contributed by atoms with Gasteiger partial charge >= 0.3 is 0 Å². The molecule has 1 aliphatic carbocycles. The molecule has 1 fully saturated rings. The number of allylic oxidation sites excluding steroid dienone is 8. The zero-order valence-electron chi connectivity index (χ0n) is 34.2. The van der Waals surface area contributed by atoms with Gasteiger partial charge in [0.15, 0.2) is 0 Å². The molecule has 0 amide bonds. The summed E-state index contributed by atoms with van der Waals surface area (Å²) in [4.78, 5) is 2.43. The quantitative estimate of drug-likeness (QED) is 0.0505. The summed E-state index contributed by atoms with van der Waals surface area (Å²) in [5.41, 5.74) is 0.0393. The third-order valence-electron chi connectivity index (χ3n) is 11.1. The van der Waals surface area contributed by atoms with Gasteiger partial charge in [-0.3, -0.25) is 0 Å². The van der Waals surface area contributed by atoms with Crippen molar-refractivity contribution < 1.29 is 4.74 Å². The second kappa shape index (κ2) is 32.8. The van der Waals surface area contributed by atoms with Gasteiger partial charge in [-0.05, 0) is 123 Å². The second-order valence-corrected chi connectivity index (χ2v) is 16.2. The minimum absolute atomic E-state index is 0.0393. The Kier molecular flexibility index (Phi) is 30.7. The zero-order chi connectivity index (χ0) is 35.7. The lowest BCUT2D eigenvalue weighted by atomic mass is 9.83. The fraction of sp³-hybridized carbons (Fsp3) is 0.830. The van der Waals surface area contributed by atoms with Crippen molar-refractivity contribution >= 4 is 0 Å². The number of nitrogens with zero attached hydrogens (tertiary/aromatic N) is 1. The predicted octanol–water partition coefficient (Wildman–Crippen LogP) is 15.3. The first-order valence-electron chi connectivity index (χ1n) is 21.9. The molecule has 0 aromatic carbocycles. The highest BCUT2D eigenvalue weighted by Gasteiger charge is 2.35. The smallest absolute Gasteiger partial charge is 0.0658 e. The van der Waals surface area contributed by atoms with Crippen molar-refractivity contribution in [3.63, 3.8) is 0 Å². The van der Waals surface area contributed by atoms with E-state index in [4.69, 9.17) is 4.74 Å². The topological polar surface area (TPSA) is 12.5 Å². The molecule has 2 nitrogen and oxygen atoms in total. The van der Waals surface area contributed by atoms with Crippen molar-refractivity contribution in [3.05, 3.63) is 48.6 Å². The summed E-state index contributed by atoms with van der Waals surface area (Å²) in [7, 11) is 4.51. The van der Waals surface area contributed by atoms with Crippen LogP contribution in [-0.4, -0.2) is 36.7 Å². The van der Waals surface area contributed by atoms with Crippen LogP contribution < -0.4 is 0 Å². The predicted molar refractivity (Wildman–Crippen MR) is 222 cm³/mol. The Balaban J connectivity index is 2.31. The van der Waals surface area contributed by atoms with Crippen LogP contribution in [0.25, 0.3) is 0 Å². The molecular weight excluding hydrogens is 595 g/mol. The molecule has 0 radical (unpaired) electrons. The minimum Gasteiger partial charge on any atom is -0.372 e. The second-order valence-electron chi connectivity index (χ2n) is 16.2. The van der Waals surface area contributed by atoms with Crippen molar-refractivity contribution in [2.45, 2.75) is 232 Å². The first-order valence-corrected chi connectivity index (χ1v) is 21.9. The summed E-state index contributed by atoms with van der Waals surface area (Å²) in [5.74, 6) is 0.683. The van der Waals surface area contributed by atoms with Crippen LogP contribution in [-0.2, 0) is 4.74 Å². The van der Waals surface area contributed by atoms with E-state index in [0.29, 0.717) is 18.1 Å². The van der Waals surface area contributed by atoms with Crippen molar-refractivity contribution in [1.29, 1.82) is 0 Å². The van der Waals surface area contributed by atoms with Gasteiger partial charge in [0.1, 0.15) is 0 Å². The van der Waals surface area contributed by atoms with Gasteiger partial charge in [0.25, 0.3) is 0 Å². The normalized spacial score (nSPS) is 19.2. The van der Waals surface area contributed by atoms with Crippen molar-refractivity contribution in [2.75, 3.05) is 14.1 Å². The van der Waals surface area contributed by atoms with Gasteiger partial charge < -0.3 is 9.64 Å². The Bertz CT molecular complexity index is 774. The Morgan fingerprint density at radius 2 is 0.918 bits per heavy atom. The van der Waals surface area contributed by atoms with Crippen LogP contribution in [0.4, 0.5) is 0 Å². The Morgan fingerprint density at radius 1 is 0.531 bits per heavy atom. The van der Waals surface area contributed by atoms with Crippen LogP contribution in [0.15, 0.2) is 48.6 Å². The first-order chi connectivity index (χ1) is 23.9. The van der Waals surface area contributed by atoms with Gasteiger partial charge in [0.05, 0.1) is 11.7 Å². The minimum atomic E-state index is 0.0393. The number of ether oxygens (including phenoxy) is 1. The molecule has 1 rings (SSSR count). The van der Waals surface area contributed by atoms with E-state index < -0.39 is 0 Å². The molecule has 0 aliphatic heterocycles. The van der Waals surface area contributed by atoms with Crippen LogP contribution in [0.2, 0.25) is 0 Å². The molecule has 0 saturated heterocycles. The molecule has 0 aromatic rings. The lowest BCUT2D eigenvalue weighted by Gasteiger charge is -2.42. The van der Waals surface area contributed by atoms with E-state index in [2.05, 4.69) is 95.3 Å². The fourth-order valence-corrected chi connectivity index (χ4v) is 7.48. The van der Waals surface area contributed by atoms with E-state index >= 15 is 0 Å². The Morgan fingerprint density at radius 3 is 1.33 bits per heavy atom. The summed E-state index contributed by atoms with van der Waals surface area (Å²) in [5, 5.41) is 0. The van der Waals surface area contributed by atoms with E-state index in [1.807, 2.05) is 0 Å². The summed E-state index contributed by atoms with van der Waals surface area (Å²) in [6.45, 7) is 9.46. The van der Waals surface area contributed by atoms with E-state index in [-0.39, 0.29) is 5.60 Å². The maximum absolute atomic E-state index is 7.17. The van der Waals surface area contributed by atoms with E-state index in [1.165, 1.54) is 173 Å². The molecule has 1 aliphatic rings. The summed E-state index contributed by atoms with van der Waals surface area (Å²) >= 11 is 0. The molecule has 0 bridgehead atoms. The number of rotatable bonds is 33. The van der Waals surface area contributed by atoms with Gasteiger partial charge in [0, 0.05) is 6.04 Å². The van der Waals surface area contributed by atoms with Crippen LogP contribution in [0, 0.1) is 5.92 Å². The molecule has 0 aromatic heterocycles. The standard InChI is InChI=1S/C47H87NO/c1-7-9-11-13-15-17-19-21-23-25-27-29-31-33-35-37-41-47(4,49-46-43-45(48(5)6)40-39-44(46)3)42-38-36-34-32-30-28-26-24-22-20-18-16-14-12-10-8-2/h15-18,21-24,44-46H,7-14,19-20,25-43H2,1-6H3/b17-15-,18-16-,23-21-,24-22-. The largest absolute Gasteiger partial charge is 0.372 e. The third kappa shape index (κ3) is 27.2. The van der Waals surface area contributed by atoms with Gasteiger partial charge in [-0.25, -0.2) is 0 Å². The maximum atomic E-state index is 7.17. The zero-order valence-corrected chi connectivity index (χ0v) is 34.2. The molecule has 286 valence electrons. The number of hydrogen-bond donors (Lipinski definition) is 0. The van der Waals surface area contributed by atoms with Gasteiger partial charge in [-0.1, -0.05) is 159 Å². The van der Waals surface area contributed by atoms with Gasteiger partial charge in [-0.2, -0.15) is 0 Å². The van der Waals surface area contributed by atoms with Crippen LogP contribution in [0.3, 0.4) is 0 Å². The highest BCUT2D eigenvalue weighted by Crippen LogP contribution is 2.36. The van der Waals surface area contributed by atoms with E-state index in [0.717, 1.165) is 12.8 Å². The van der Waals surface area contributed by atoms with Gasteiger partial charge in [0.2, 0.25) is 0 Å². The van der Waals surface area contributed by atoms with Crippen LogP contribution in [0.5, 0.6) is 0 Å². The fourth-order valence-electron chi connectivity index (χ4n) is 7.48. The average Bonchev–Trinajstić information content (AvgIpc) is 3.08. The first kappa shape index (κ1) is 45.9. The molecule has 0 spiro atoms. The molecule has 3 atom stereocenters. The SMILES string of the molecule is CCCCC/C=C\C/C=C\CCCCCCCCC(C)(CCCCCCCC/C=C\C/C=C\CCCCC)OC1CC(N(C)C)CCC1C. The highest BCUT2D eigenvalue weighted by atomic mass is 16.5. The summed E-state index contributed by atoms with van der Waals surface area (Å²) in [6, 6.07) is 0.675. The lowest BCUT2D eigenvalue weighted by molar-refractivity contribution is -0.131. The average molecular weight is 682 g/mol. The van der Waals surface area contributed by atoms with Crippen LogP contribution in [0.1, 0.15) is 214 Å². The molecule has 1 saturated carbocycles. The molecule has 2 heteroatoms. The molecule has 0 N–H and O–H groups in total. The third-order valence-corrected chi connectivity index (χ3v) is 11.1. The summed E-state index contributed by atoms with van der Waals surface area (Å²) in [6.07, 6.45) is 57.3. The van der Waals surface area contributed by atoms with Crippen molar-refractivity contribution in [1.82, 2.24) is 4.90 Å². The Labute approximate surface area is 309 Å².